The third-order valence-corrected chi connectivity index (χ3v) is 4.46. The Labute approximate surface area is 136 Å². The molecule has 1 aliphatic rings. The van der Waals surface area contributed by atoms with Crippen LogP contribution >= 0.6 is 0 Å². The van der Waals surface area contributed by atoms with Crippen LogP contribution in [0, 0.1) is 0 Å². The predicted molar refractivity (Wildman–Crippen MR) is 90.9 cm³/mol. The number of anilines is 1. The van der Waals surface area contributed by atoms with Gasteiger partial charge in [0.25, 0.3) is 0 Å². The number of unbranched alkanes of at least 4 members (excludes halogenated alkanes) is 1. The Hall–Kier alpha value is -2.49. The number of benzene rings is 2. The summed E-state index contributed by atoms with van der Waals surface area (Å²) >= 11 is 0. The number of phenolic OH excluding ortho intramolecular Hbond substituents is 2. The molecule has 0 bridgehead atoms. The molecule has 1 amide bonds. The molecular formula is C19H21NO3. The van der Waals surface area contributed by atoms with E-state index in [1.165, 1.54) is 0 Å². The Balaban J connectivity index is 2.09. The van der Waals surface area contributed by atoms with Crippen LogP contribution < -0.4 is 4.90 Å². The Kier molecular flexibility index (Phi) is 3.99. The van der Waals surface area contributed by atoms with Gasteiger partial charge in [0.2, 0.25) is 5.91 Å². The molecule has 0 aliphatic carbocycles. The molecule has 0 atom stereocenters. The second-order valence-electron chi connectivity index (χ2n) is 6.05. The lowest BCUT2D eigenvalue weighted by Gasteiger charge is -2.14. The van der Waals surface area contributed by atoms with Crippen LogP contribution in [0.1, 0.15) is 30.9 Å². The number of likely N-dealkylation sites (N-methyl/N-ethyl adjacent to an activating group) is 1. The zero-order valence-corrected chi connectivity index (χ0v) is 13.5. The summed E-state index contributed by atoms with van der Waals surface area (Å²) < 4.78 is 0. The van der Waals surface area contributed by atoms with Crippen molar-refractivity contribution >= 4 is 11.6 Å². The topological polar surface area (TPSA) is 60.8 Å². The minimum atomic E-state index is 0.0194. The highest BCUT2D eigenvalue weighted by Crippen LogP contribution is 2.44. The molecular weight excluding hydrogens is 290 g/mol. The molecule has 0 aromatic heterocycles. The maximum atomic E-state index is 12.0. The molecule has 23 heavy (non-hydrogen) atoms. The van der Waals surface area contributed by atoms with E-state index in [-0.39, 0.29) is 17.4 Å². The quantitative estimate of drug-likeness (QED) is 0.906. The second kappa shape index (κ2) is 5.95. The van der Waals surface area contributed by atoms with Crippen LogP contribution in [0.15, 0.2) is 30.3 Å². The van der Waals surface area contributed by atoms with Gasteiger partial charge in [-0.25, -0.2) is 0 Å². The van der Waals surface area contributed by atoms with Gasteiger partial charge in [-0.15, -0.1) is 0 Å². The largest absolute Gasteiger partial charge is 0.507 e. The van der Waals surface area contributed by atoms with Crippen molar-refractivity contribution < 1.29 is 15.0 Å². The highest BCUT2D eigenvalue weighted by molar-refractivity contribution is 6.04. The van der Waals surface area contributed by atoms with Crippen LogP contribution in [-0.4, -0.2) is 23.2 Å². The number of hydrogen-bond donors (Lipinski definition) is 2. The number of hydrogen-bond acceptors (Lipinski definition) is 3. The Morgan fingerprint density at radius 2 is 1.87 bits per heavy atom. The molecule has 1 aliphatic heterocycles. The lowest BCUT2D eigenvalue weighted by molar-refractivity contribution is -0.117. The summed E-state index contributed by atoms with van der Waals surface area (Å²) in [6.45, 7) is 2.11. The molecule has 2 aromatic carbocycles. The van der Waals surface area contributed by atoms with Gasteiger partial charge in [0.15, 0.2) is 0 Å². The number of carbonyl (C=O) groups excluding carboxylic acids is 1. The van der Waals surface area contributed by atoms with Gasteiger partial charge in [-0.2, -0.15) is 0 Å². The van der Waals surface area contributed by atoms with Gasteiger partial charge in [-0.1, -0.05) is 25.5 Å². The monoisotopic (exact) mass is 311 g/mol. The first-order chi connectivity index (χ1) is 11.0. The van der Waals surface area contributed by atoms with E-state index in [1.807, 2.05) is 18.2 Å². The molecule has 2 N–H and O–H groups in total. The predicted octanol–water partition coefficient (Wildman–Crippen LogP) is 3.63. The molecule has 2 aromatic rings. The highest BCUT2D eigenvalue weighted by Gasteiger charge is 2.28. The van der Waals surface area contributed by atoms with E-state index < -0.39 is 0 Å². The first kappa shape index (κ1) is 15.4. The van der Waals surface area contributed by atoms with Gasteiger partial charge in [0, 0.05) is 12.7 Å². The van der Waals surface area contributed by atoms with Crippen molar-refractivity contribution in [3.63, 3.8) is 0 Å². The van der Waals surface area contributed by atoms with Crippen LogP contribution in [-0.2, 0) is 17.6 Å². The van der Waals surface area contributed by atoms with Crippen molar-refractivity contribution in [3.8, 4) is 22.6 Å². The summed E-state index contributed by atoms with van der Waals surface area (Å²) in [4.78, 5) is 13.6. The number of fused-ring (bicyclic) bond motifs is 1. The fraction of sp³-hybridized carbons (Fsp3) is 0.316. The summed E-state index contributed by atoms with van der Waals surface area (Å²) in [6.07, 6.45) is 3.19. The molecule has 4 nitrogen and oxygen atoms in total. The van der Waals surface area contributed by atoms with Crippen LogP contribution in [0.3, 0.4) is 0 Å². The minimum absolute atomic E-state index is 0.0194. The van der Waals surface area contributed by atoms with Gasteiger partial charge in [0.05, 0.1) is 12.0 Å². The summed E-state index contributed by atoms with van der Waals surface area (Å²) in [5.41, 5.74) is 3.74. The van der Waals surface area contributed by atoms with Gasteiger partial charge in [0.1, 0.15) is 11.5 Å². The normalized spacial score (nSPS) is 13.5. The average Bonchev–Trinajstić information content (AvgIpc) is 2.81. The lowest BCUT2D eigenvalue weighted by atomic mass is 9.94. The number of aryl methyl sites for hydroxylation is 1. The molecule has 0 spiro atoms. The third-order valence-electron chi connectivity index (χ3n) is 4.46. The number of carbonyl (C=O) groups is 1. The molecule has 1 heterocycles. The van der Waals surface area contributed by atoms with Gasteiger partial charge in [-0.3, -0.25) is 4.79 Å². The third kappa shape index (κ3) is 2.65. The molecule has 0 fully saturated rings. The molecule has 120 valence electrons. The minimum Gasteiger partial charge on any atom is -0.507 e. The van der Waals surface area contributed by atoms with E-state index in [0.717, 1.165) is 41.6 Å². The Morgan fingerprint density at radius 1 is 1.17 bits per heavy atom. The van der Waals surface area contributed by atoms with E-state index in [4.69, 9.17) is 0 Å². The van der Waals surface area contributed by atoms with Gasteiger partial charge in [-0.05, 0) is 47.7 Å². The van der Waals surface area contributed by atoms with E-state index in [0.29, 0.717) is 12.0 Å². The summed E-state index contributed by atoms with van der Waals surface area (Å²) in [7, 11) is 1.74. The van der Waals surface area contributed by atoms with Gasteiger partial charge < -0.3 is 15.1 Å². The van der Waals surface area contributed by atoms with Gasteiger partial charge >= 0.3 is 0 Å². The molecule has 0 unspecified atom stereocenters. The molecule has 0 saturated heterocycles. The maximum absolute atomic E-state index is 12.0. The van der Waals surface area contributed by atoms with Crippen LogP contribution in [0.5, 0.6) is 11.5 Å². The average molecular weight is 311 g/mol. The first-order valence-electron chi connectivity index (χ1n) is 7.96. The molecule has 0 saturated carbocycles. The van der Waals surface area contributed by atoms with Crippen molar-refractivity contribution in [2.45, 2.75) is 32.6 Å². The lowest BCUT2D eigenvalue weighted by Crippen LogP contribution is -2.20. The first-order valence-corrected chi connectivity index (χ1v) is 7.96. The van der Waals surface area contributed by atoms with E-state index in [2.05, 4.69) is 6.92 Å². The zero-order valence-electron chi connectivity index (χ0n) is 13.5. The number of phenols is 2. The number of aromatic hydroxyl groups is 2. The standard InChI is InChI=1S/C19H21NO3/c1-3-4-6-12-9-16(21)19(17(22)10-12)13-7-5-8-15-14(13)11-18(23)20(15)2/h5,7-10,21-22H,3-4,6,11H2,1-2H3. The number of amides is 1. The Bertz CT molecular complexity index is 744. The van der Waals surface area contributed by atoms with Crippen LogP contribution in [0.25, 0.3) is 11.1 Å². The summed E-state index contributed by atoms with van der Waals surface area (Å²) in [5.74, 6) is 0.143. The molecule has 3 rings (SSSR count). The molecule has 4 heteroatoms. The summed E-state index contributed by atoms with van der Waals surface area (Å²) in [5, 5.41) is 20.9. The van der Waals surface area contributed by atoms with Crippen molar-refractivity contribution in [2.24, 2.45) is 0 Å². The van der Waals surface area contributed by atoms with Crippen molar-refractivity contribution in [2.75, 3.05) is 11.9 Å². The fourth-order valence-corrected chi connectivity index (χ4v) is 3.18. The second-order valence-corrected chi connectivity index (χ2v) is 6.05. The number of rotatable bonds is 4. The molecule has 0 radical (unpaired) electrons. The van der Waals surface area contributed by atoms with Crippen molar-refractivity contribution in [3.05, 3.63) is 41.5 Å². The van der Waals surface area contributed by atoms with Crippen LogP contribution in [0.2, 0.25) is 0 Å². The van der Waals surface area contributed by atoms with Crippen molar-refractivity contribution in [1.29, 1.82) is 0 Å². The maximum Gasteiger partial charge on any atom is 0.231 e. The Morgan fingerprint density at radius 3 is 2.52 bits per heavy atom. The smallest absolute Gasteiger partial charge is 0.231 e. The summed E-state index contributed by atoms with van der Waals surface area (Å²) in [6, 6.07) is 8.99. The zero-order chi connectivity index (χ0) is 16.6. The SMILES string of the molecule is CCCCc1cc(O)c(-c2cccc3c2CC(=O)N3C)c(O)c1. The van der Waals surface area contributed by atoms with Crippen molar-refractivity contribution in [1.82, 2.24) is 0 Å². The fourth-order valence-electron chi connectivity index (χ4n) is 3.18. The van der Waals surface area contributed by atoms with E-state index >= 15 is 0 Å². The van der Waals surface area contributed by atoms with E-state index in [1.54, 1.807) is 24.1 Å². The van der Waals surface area contributed by atoms with Crippen LogP contribution in [0.4, 0.5) is 5.69 Å². The van der Waals surface area contributed by atoms with E-state index in [9.17, 15) is 15.0 Å². The highest BCUT2D eigenvalue weighted by atomic mass is 16.3. The number of nitrogens with zero attached hydrogens (tertiary/aromatic N) is 1.